The molecule has 0 bridgehead atoms. The molecule has 0 N–H and O–H groups in total. The second-order valence-corrected chi connectivity index (χ2v) is 10.3. The van der Waals surface area contributed by atoms with Crippen molar-refractivity contribution in [1.82, 2.24) is 9.80 Å². The van der Waals surface area contributed by atoms with Crippen molar-refractivity contribution < 1.29 is 22.7 Å². The van der Waals surface area contributed by atoms with Crippen LogP contribution in [0.1, 0.15) is 23.2 Å². The van der Waals surface area contributed by atoms with Crippen LogP contribution >= 0.6 is 0 Å². The van der Waals surface area contributed by atoms with Crippen LogP contribution in [0.2, 0.25) is 0 Å². The first-order chi connectivity index (χ1) is 15.9. The molecule has 2 aromatic carbocycles. The van der Waals surface area contributed by atoms with Gasteiger partial charge in [0.15, 0.2) is 0 Å². The number of ether oxygens (including phenoxy) is 1. The Labute approximate surface area is 194 Å². The number of likely N-dealkylation sites (tertiary alicyclic amines) is 1. The molecule has 2 aromatic rings. The van der Waals surface area contributed by atoms with Gasteiger partial charge in [-0.25, -0.2) is 8.42 Å². The quantitative estimate of drug-likeness (QED) is 0.667. The Balaban J connectivity index is 1.42. The van der Waals surface area contributed by atoms with Gasteiger partial charge in [0.25, 0.3) is 15.9 Å². The molecule has 2 fully saturated rings. The van der Waals surface area contributed by atoms with Gasteiger partial charge in [0.1, 0.15) is 0 Å². The van der Waals surface area contributed by atoms with E-state index in [1.165, 1.54) is 23.5 Å². The van der Waals surface area contributed by atoms with E-state index in [1.807, 2.05) is 11.0 Å². The van der Waals surface area contributed by atoms with E-state index in [0.717, 1.165) is 0 Å². The molecular weight excluding hydrogens is 442 g/mol. The molecule has 2 amide bonds. The monoisotopic (exact) mass is 471 g/mol. The summed E-state index contributed by atoms with van der Waals surface area (Å²) in [5.41, 5.74) is 0.872. The third kappa shape index (κ3) is 5.04. The van der Waals surface area contributed by atoms with Crippen LogP contribution in [0.25, 0.3) is 0 Å². The van der Waals surface area contributed by atoms with Crippen LogP contribution in [-0.4, -0.2) is 76.5 Å². The maximum atomic E-state index is 13.1. The highest BCUT2D eigenvalue weighted by atomic mass is 32.2. The van der Waals surface area contributed by atoms with Gasteiger partial charge in [-0.15, -0.1) is 0 Å². The minimum Gasteiger partial charge on any atom is -0.378 e. The second kappa shape index (κ2) is 9.93. The van der Waals surface area contributed by atoms with Gasteiger partial charge >= 0.3 is 0 Å². The Kier molecular flexibility index (Phi) is 6.99. The fraction of sp³-hybridized carbons (Fsp3) is 0.417. The fourth-order valence-corrected chi connectivity index (χ4v) is 5.52. The van der Waals surface area contributed by atoms with Crippen molar-refractivity contribution in [3.63, 3.8) is 0 Å². The highest BCUT2D eigenvalue weighted by Gasteiger charge is 2.31. The molecule has 0 spiro atoms. The molecule has 2 saturated heterocycles. The normalized spacial score (nSPS) is 17.6. The van der Waals surface area contributed by atoms with Crippen LogP contribution in [0.4, 0.5) is 5.69 Å². The van der Waals surface area contributed by atoms with Gasteiger partial charge in [-0.05, 0) is 43.2 Å². The van der Waals surface area contributed by atoms with E-state index < -0.39 is 10.0 Å². The lowest BCUT2D eigenvalue weighted by atomic mass is 9.94. The van der Waals surface area contributed by atoms with Gasteiger partial charge in [0, 0.05) is 44.7 Å². The number of piperidine rings is 1. The lowest BCUT2D eigenvalue weighted by molar-refractivity contribution is -0.141. The standard InChI is InChI=1S/C24H29N3O5S/c1-25(21-7-3-2-4-8-21)33(30,31)22-9-5-6-20(18-22)24(29)26-12-10-19(11-13-26)23(28)27-14-16-32-17-15-27/h2-9,18-19H,10-17H2,1H3. The number of nitrogens with zero attached hydrogens (tertiary/aromatic N) is 3. The van der Waals surface area contributed by atoms with Crippen LogP contribution in [0, 0.1) is 5.92 Å². The number of para-hydroxylation sites is 1. The molecule has 2 heterocycles. The smallest absolute Gasteiger partial charge is 0.264 e. The van der Waals surface area contributed by atoms with Crippen LogP contribution < -0.4 is 4.31 Å². The summed E-state index contributed by atoms with van der Waals surface area (Å²) in [6.07, 6.45) is 1.22. The van der Waals surface area contributed by atoms with E-state index in [-0.39, 0.29) is 22.6 Å². The van der Waals surface area contributed by atoms with Crippen molar-refractivity contribution in [2.45, 2.75) is 17.7 Å². The summed E-state index contributed by atoms with van der Waals surface area (Å²) in [5, 5.41) is 0. The third-order valence-electron chi connectivity index (χ3n) is 6.31. The highest BCUT2D eigenvalue weighted by molar-refractivity contribution is 7.92. The lowest BCUT2D eigenvalue weighted by Crippen LogP contribution is -2.47. The van der Waals surface area contributed by atoms with Gasteiger partial charge in [-0.1, -0.05) is 24.3 Å². The topological polar surface area (TPSA) is 87.2 Å². The van der Waals surface area contributed by atoms with Crippen LogP contribution in [0.5, 0.6) is 0 Å². The van der Waals surface area contributed by atoms with E-state index in [0.29, 0.717) is 63.5 Å². The van der Waals surface area contributed by atoms with Crippen LogP contribution in [0.15, 0.2) is 59.5 Å². The predicted molar refractivity (Wildman–Crippen MR) is 124 cm³/mol. The zero-order chi connectivity index (χ0) is 23.4. The Morgan fingerprint density at radius 3 is 2.24 bits per heavy atom. The molecule has 8 nitrogen and oxygen atoms in total. The summed E-state index contributed by atoms with van der Waals surface area (Å²) < 4.78 is 32.7. The maximum absolute atomic E-state index is 13.1. The zero-order valence-corrected chi connectivity index (χ0v) is 19.5. The van der Waals surface area contributed by atoms with Crippen molar-refractivity contribution in [2.24, 2.45) is 5.92 Å². The van der Waals surface area contributed by atoms with Crippen molar-refractivity contribution >= 4 is 27.5 Å². The molecule has 0 saturated carbocycles. The first kappa shape index (κ1) is 23.3. The van der Waals surface area contributed by atoms with E-state index >= 15 is 0 Å². The second-order valence-electron chi connectivity index (χ2n) is 8.34. The molecular formula is C24H29N3O5S. The number of hydrogen-bond donors (Lipinski definition) is 0. The van der Waals surface area contributed by atoms with E-state index in [4.69, 9.17) is 4.74 Å². The Morgan fingerprint density at radius 1 is 0.909 bits per heavy atom. The third-order valence-corrected chi connectivity index (χ3v) is 8.09. The van der Waals surface area contributed by atoms with Crippen molar-refractivity contribution in [3.05, 3.63) is 60.2 Å². The predicted octanol–water partition coefficient (Wildman–Crippen LogP) is 2.22. The van der Waals surface area contributed by atoms with Gasteiger partial charge in [-0.2, -0.15) is 0 Å². The van der Waals surface area contributed by atoms with Crippen molar-refractivity contribution in [1.29, 1.82) is 0 Å². The molecule has 0 radical (unpaired) electrons. The summed E-state index contributed by atoms with van der Waals surface area (Å²) >= 11 is 0. The molecule has 0 unspecified atom stereocenters. The molecule has 176 valence electrons. The lowest BCUT2D eigenvalue weighted by Gasteiger charge is -2.35. The Hall–Kier alpha value is -2.91. The fourth-order valence-electron chi connectivity index (χ4n) is 4.28. The largest absolute Gasteiger partial charge is 0.378 e. The highest BCUT2D eigenvalue weighted by Crippen LogP contribution is 2.25. The molecule has 0 aromatic heterocycles. The van der Waals surface area contributed by atoms with Crippen molar-refractivity contribution in [2.75, 3.05) is 50.7 Å². The van der Waals surface area contributed by atoms with Crippen LogP contribution in [0.3, 0.4) is 0 Å². The zero-order valence-electron chi connectivity index (χ0n) is 18.7. The average molecular weight is 472 g/mol. The number of carbonyl (C=O) groups is 2. The molecule has 9 heteroatoms. The van der Waals surface area contributed by atoms with Gasteiger partial charge in [0.2, 0.25) is 5.91 Å². The number of amides is 2. The number of benzene rings is 2. The van der Waals surface area contributed by atoms with Crippen LogP contribution in [-0.2, 0) is 19.6 Å². The summed E-state index contributed by atoms with van der Waals surface area (Å²) in [5.74, 6) is -0.160. The summed E-state index contributed by atoms with van der Waals surface area (Å²) in [6, 6.07) is 15.0. The van der Waals surface area contributed by atoms with E-state index in [2.05, 4.69) is 0 Å². The molecule has 4 rings (SSSR count). The van der Waals surface area contributed by atoms with E-state index in [9.17, 15) is 18.0 Å². The maximum Gasteiger partial charge on any atom is 0.264 e. The number of morpholine rings is 1. The Morgan fingerprint density at radius 2 is 1.58 bits per heavy atom. The van der Waals surface area contributed by atoms with Crippen molar-refractivity contribution in [3.8, 4) is 0 Å². The Bertz CT molecular complexity index is 1090. The first-order valence-corrected chi connectivity index (χ1v) is 12.6. The molecule has 2 aliphatic heterocycles. The van der Waals surface area contributed by atoms with E-state index in [1.54, 1.807) is 41.3 Å². The minimum absolute atomic E-state index is 0.0667. The SMILES string of the molecule is CN(c1ccccc1)S(=O)(=O)c1cccc(C(=O)N2CCC(C(=O)N3CCOCC3)CC2)c1. The number of carbonyl (C=O) groups excluding carboxylic acids is 2. The first-order valence-electron chi connectivity index (χ1n) is 11.2. The average Bonchev–Trinajstić information content (AvgIpc) is 2.88. The molecule has 2 aliphatic rings. The number of anilines is 1. The number of hydrogen-bond acceptors (Lipinski definition) is 5. The minimum atomic E-state index is -3.81. The number of rotatable bonds is 5. The summed E-state index contributed by atoms with van der Waals surface area (Å²) in [6.45, 7) is 3.33. The molecule has 33 heavy (non-hydrogen) atoms. The van der Waals surface area contributed by atoms with Gasteiger partial charge in [0.05, 0.1) is 23.8 Å². The van der Waals surface area contributed by atoms with Gasteiger partial charge < -0.3 is 14.5 Å². The molecule has 0 aliphatic carbocycles. The molecule has 0 atom stereocenters. The number of sulfonamides is 1. The summed E-state index contributed by atoms with van der Waals surface area (Å²) in [4.78, 5) is 29.5. The van der Waals surface area contributed by atoms with Gasteiger partial charge in [-0.3, -0.25) is 13.9 Å². The summed E-state index contributed by atoms with van der Waals surface area (Å²) in [7, 11) is -2.31.